The Bertz CT molecular complexity index is 907. The molecule has 26 heavy (non-hydrogen) atoms. The molecular formula is C20H21N3O2S. The van der Waals surface area contributed by atoms with E-state index in [2.05, 4.69) is 21.3 Å². The molecule has 1 aromatic heterocycles. The lowest BCUT2D eigenvalue weighted by molar-refractivity contribution is 0.0812. The van der Waals surface area contributed by atoms with Crippen LogP contribution in [0.2, 0.25) is 0 Å². The molecule has 1 aliphatic heterocycles. The number of rotatable bonds is 5. The molecule has 0 saturated carbocycles. The maximum Gasteiger partial charge on any atom is 0.167 e. The number of Topliss-reactive ketones (excluding diaryl/α,β-unsaturated/α-hetero) is 1. The molecule has 0 N–H and O–H groups in total. The summed E-state index contributed by atoms with van der Waals surface area (Å²) in [5.74, 6) is 0.308. The molecule has 0 radical (unpaired) electrons. The first-order valence-corrected chi connectivity index (χ1v) is 10.1. The lowest BCUT2D eigenvalue weighted by atomic mass is 9.90. The molecular weight excluding hydrogens is 346 g/mol. The number of benzene rings is 2. The van der Waals surface area contributed by atoms with Gasteiger partial charge >= 0.3 is 0 Å². The second-order valence-corrected chi connectivity index (χ2v) is 7.60. The molecule has 0 bridgehead atoms. The van der Waals surface area contributed by atoms with Crippen molar-refractivity contribution in [3.05, 3.63) is 53.6 Å². The number of likely N-dealkylation sites (tertiary alicyclic amines) is 1. The molecule has 1 aliphatic rings. The number of thioether (sulfide) groups is 1. The second-order valence-electron chi connectivity index (χ2n) is 6.72. The average molecular weight is 367 g/mol. The Balaban J connectivity index is 1.46. The third-order valence-electron chi connectivity index (χ3n) is 5.01. The third kappa shape index (κ3) is 3.52. The van der Waals surface area contributed by atoms with Crippen LogP contribution in [0.5, 0.6) is 0 Å². The first-order chi connectivity index (χ1) is 12.7. The van der Waals surface area contributed by atoms with E-state index in [4.69, 9.17) is 4.63 Å². The number of nitrogens with zero attached hydrogens (tertiary/aromatic N) is 3. The van der Waals surface area contributed by atoms with Gasteiger partial charge in [-0.05, 0) is 59.7 Å². The fourth-order valence-electron chi connectivity index (χ4n) is 3.63. The van der Waals surface area contributed by atoms with Gasteiger partial charge in [0, 0.05) is 29.5 Å². The van der Waals surface area contributed by atoms with Crippen molar-refractivity contribution in [3.8, 4) is 0 Å². The fourth-order valence-corrected chi connectivity index (χ4v) is 4.04. The molecule has 6 heteroatoms. The highest BCUT2D eigenvalue weighted by atomic mass is 32.2. The van der Waals surface area contributed by atoms with Gasteiger partial charge in [0.15, 0.2) is 5.78 Å². The predicted molar refractivity (Wildman–Crippen MR) is 102 cm³/mol. The lowest BCUT2D eigenvalue weighted by Gasteiger charge is -2.32. The molecule has 0 spiro atoms. The summed E-state index contributed by atoms with van der Waals surface area (Å²) in [6.07, 6.45) is 4.03. The third-order valence-corrected chi connectivity index (χ3v) is 5.76. The van der Waals surface area contributed by atoms with Crippen molar-refractivity contribution in [1.29, 1.82) is 0 Å². The Morgan fingerprint density at radius 3 is 2.88 bits per heavy atom. The van der Waals surface area contributed by atoms with E-state index in [1.165, 1.54) is 4.90 Å². The normalized spacial score (nSPS) is 18.3. The monoisotopic (exact) mass is 367 g/mol. The quantitative estimate of drug-likeness (QED) is 0.501. The summed E-state index contributed by atoms with van der Waals surface area (Å²) in [5, 5.41) is 7.93. The van der Waals surface area contributed by atoms with Gasteiger partial charge in [0.1, 0.15) is 11.0 Å². The van der Waals surface area contributed by atoms with E-state index in [9.17, 15) is 4.79 Å². The van der Waals surface area contributed by atoms with Crippen molar-refractivity contribution < 1.29 is 9.42 Å². The molecule has 1 atom stereocenters. The van der Waals surface area contributed by atoms with E-state index in [1.807, 2.05) is 42.7 Å². The van der Waals surface area contributed by atoms with Crippen molar-refractivity contribution in [1.82, 2.24) is 15.2 Å². The van der Waals surface area contributed by atoms with E-state index < -0.39 is 0 Å². The molecule has 2 aromatic carbocycles. The molecule has 0 aliphatic carbocycles. The summed E-state index contributed by atoms with van der Waals surface area (Å²) in [5.41, 5.74) is 3.51. The summed E-state index contributed by atoms with van der Waals surface area (Å²) in [6.45, 7) is 2.54. The number of carbonyl (C=O) groups excluding carboxylic acids is 1. The van der Waals surface area contributed by atoms with Crippen LogP contribution >= 0.6 is 11.8 Å². The van der Waals surface area contributed by atoms with Gasteiger partial charge in [-0.1, -0.05) is 24.3 Å². The first-order valence-electron chi connectivity index (χ1n) is 8.85. The van der Waals surface area contributed by atoms with Gasteiger partial charge in [-0.25, -0.2) is 4.63 Å². The molecule has 4 rings (SSSR count). The maximum atomic E-state index is 12.9. The number of aromatic nitrogens is 2. The predicted octanol–water partition coefficient (Wildman–Crippen LogP) is 4.04. The van der Waals surface area contributed by atoms with Crippen LogP contribution in [0.15, 0.2) is 52.0 Å². The molecule has 5 nitrogen and oxygen atoms in total. The number of carbonyl (C=O) groups is 1. The van der Waals surface area contributed by atoms with Gasteiger partial charge in [0.2, 0.25) is 0 Å². The van der Waals surface area contributed by atoms with Crippen molar-refractivity contribution in [3.63, 3.8) is 0 Å². The summed E-state index contributed by atoms with van der Waals surface area (Å²) < 4.78 is 4.86. The van der Waals surface area contributed by atoms with E-state index in [0.717, 1.165) is 54.6 Å². The van der Waals surface area contributed by atoms with Gasteiger partial charge in [0.05, 0.1) is 0 Å². The highest BCUT2D eigenvalue weighted by Gasteiger charge is 2.27. The van der Waals surface area contributed by atoms with Crippen LogP contribution in [0.4, 0.5) is 0 Å². The fraction of sp³-hybridized carbons (Fsp3) is 0.350. The van der Waals surface area contributed by atoms with E-state index >= 15 is 0 Å². The van der Waals surface area contributed by atoms with Gasteiger partial charge < -0.3 is 0 Å². The first kappa shape index (κ1) is 17.2. The van der Waals surface area contributed by atoms with Crippen LogP contribution < -0.4 is 0 Å². The zero-order valence-electron chi connectivity index (χ0n) is 14.7. The molecule has 1 unspecified atom stereocenters. The largest absolute Gasteiger partial charge is 0.298 e. The smallest absolute Gasteiger partial charge is 0.167 e. The SMILES string of the molecule is CSc1ccc(C(=O)C2CCCN(Cc3cccc4nonc34)C2)cc1. The Labute approximate surface area is 156 Å². The van der Waals surface area contributed by atoms with Gasteiger partial charge in [0.25, 0.3) is 0 Å². The highest BCUT2D eigenvalue weighted by molar-refractivity contribution is 7.98. The number of hydrogen-bond donors (Lipinski definition) is 0. The Morgan fingerprint density at radius 2 is 2.08 bits per heavy atom. The van der Waals surface area contributed by atoms with Crippen LogP contribution in [-0.2, 0) is 6.54 Å². The molecule has 0 amide bonds. The minimum atomic E-state index is 0.0542. The number of hydrogen-bond acceptors (Lipinski definition) is 6. The molecule has 1 fully saturated rings. The molecule has 1 saturated heterocycles. The Morgan fingerprint density at radius 1 is 1.23 bits per heavy atom. The van der Waals surface area contributed by atoms with E-state index in [1.54, 1.807) is 11.8 Å². The Hall–Kier alpha value is -2.18. The van der Waals surface area contributed by atoms with Gasteiger partial charge in [-0.3, -0.25) is 9.69 Å². The average Bonchev–Trinajstić information content (AvgIpc) is 3.18. The van der Waals surface area contributed by atoms with Crippen molar-refractivity contribution in [2.75, 3.05) is 19.3 Å². The molecule has 2 heterocycles. The van der Waals surface area contributed by atoms with Crippen molar-refractivity contribution in [2.24, 2.45) is 5.92 Å². The van der Waals surface area contributed by atoms with E-state index in [-0.39, 0.29) is 11.7 Å². The summed E-state index contributed by atoms with van der Waals surface area (Å²) in [7, 11) is 0. The molecule has 3 aromatic rings. The number of fused-ring (bicyclic) bond motifs is 1. The van der Waals surface area contributed by atoms with Crippen LogP contribution in [0, 0.1) is 5.92 Å². The number of ketones is 1. The van der Waals surface area contributed by atoms with Crippen molar-refractivity contribution >= 4 is 28.6 Å². The standard InChI is InChI=1S/C20H21N3O2S/c1-26-17-9-7-14(8-10-17)20(24)16-5-3-11-23(13-16)12-15-4-2-6-18-19(15)22-25-21-18/h2,4,6-10,16H,3,5,11-13H2,1H3. The molecule has 134 valence electrons. The topological polar surface area (TPSA) is 59.2 Å². The minimum absolute atomic E-state index is 0.0542. The van der Waals surface area contributed by atoms with Crippen LogP contribution in [0.25, 0.3) is 11.0 Å². The number of piperidine rings is 1. The van der Waals surface area contributed by atoms with Crippen LogP contribution in [-0.4, -0.2) is 40.3 Å². The lowest BCUT2D eigenvalue weighted by Crippen LogP contribution is -2.38. The second kappa shape index (κ2) is 7.60. The summed E-state index contributed by atoms with van der Waals surface area (Å²) in [6, 6.07) is 13.9. The summed E-state index contributed by atoms with van der Waals surface area (Å²) >= 11 is 1.69. The van der Waals surface area contributed by atoms with Gasteiger partial charge in [-0.15, -0.1) is 11.8 Å². The van der Waals surface area contributed by atoms with Crippen LogP contribution in [0.1, 0.15) is 28.8 Å². The minimum Gasteiger partial charge on any atom is -0.298 e. The zero-order chi connectivity index (χ0) is 17.9. The van der Waals surface area contributed by atoms with E-state index in [0.29, 0.717) is 0 Å². The summed E-state index contributed by atoms with van der Waals surface area (Å²) in [4.78, 5) is 16.4. The zero-order valence-corrected chi connectivity index (χ0v) is 15.5. The van der Waals surface area contributed by atoms with Crippen molar-refractivity contribution in [2.45, 2.75) is 24.3 Å². The highest BCUT2D eigenvalue weighted by Crippen LogP contribution is 2.25. The van der Waals surface area contributed by atoms with Crippen LogP contribution in [0.3, 0.4) is 0 Å². The maximum absolute atomic E-state index is 12.9. The van der Waals surface area contributed by atoms with Gasteiger partial charge in [-0.2, -0.15) is 0 Å². The Kier molecular flexibility index (Phi) is 5.04.